The summed E-state index contributed by atoms with van der Waals surface area (Å²) in [6.07, 6.45) is 0. The van der Waals surface area contributed by atoms with Gasteiger partial charge >= 0.3 is 5.97 Å². The Morgan fingerprint density at radius 3 is 2.50 bits per heavy atom. The molecule has 3 aromatic rings. The molecule has 0 saturated heterocycles. The van der Waals surface area contributed by atoms with Gasteiger partial charge in [-0.2, -0.15) is 0 Å². The molecule has 0 spiro atoms. The van der Waals surface area contributed by atoms with Crippen molar-refractivity contribution in [3.8, 4) is 5.75 Å². The first-order valence-corrected chi connectivity index (χ1v) is 8.74. The van der Waals surface area contributed by atoms with E-state index in [4.69, 9.17) is 38.2 Å². The van der Waals surface area contributed by atoms with Crippen LogP contribution in [0.25, 0.3) is 11.0 Å². The molecule has 2 N–H and O–H groups in total. The zero-order valence-corrected chi connectivity index (χ0v) is 16.3. The average molecular weight is 421 g/mol. The van der Waals surface area contributed by atoms with Crippen molar-refractivity contribution in [1.29, 1.82) is 0 Å². The van der Waals surface area contributed by atoms with Crippen LogP contribution in [-0.4, -0.2) is 17.6 Å². The van der Waals surface area contributed by atoms with Crippen LogP contribution in [0.4, 0.5) is 5.69 Å². The van der Waals surface area contributed by atoms with Gasteiger partial charge in [0.25, 0.3) is 0 Å². The largest absolute Gasteiger partial charge is 0.450 e. The van der Waals surface area contributed by atoms with E-state index in [0.717, 1.165) is 0 Å². The van der Waals surface area contributed by atoms with Crippen LogP contribution in [0.15, 0.2) is 45.8 Å². The molecule has 0 aliphatic carbocycles. The number of rotatable bonds is 5. The highest BCUT2D eigenvalue weighted by atomic mass is 35.5. The fraction of sp³-hybridized carbons (Fsp3) is 0.105. The molecular formula is C19H14Cl2N2O5. The number of fused-ring (bicyclic) bond motifs is 1. The number of carbonyl (C=O) groups is 2. The number of ketones is 1. The van der Waals surface area contributed by atoms with Crippen molar-refractivity contribution in [1.82, 2.24) is 0 Å². The van der Waals surface area contributed by atoms with E-state index in [1.165, 1.54) is 31.2 Å². The molecule has 1 heterocycles. The monoisotopic (exact) mass is 420 g/mol. The van der Waals surface area contributed by atoms with E-state index in [9.17, 15) is 9.59 Å². The number of carbonyl (C=O) groups excluding carboxylic acids is 2. The van der Waals surface area contributed by atoms with E-state index in [1.54, 1.807) is 19.1 Å². The lowest BCUT2D eigenvalue weighted by atomic mass is 10.1. The van der Waals surface area contributed by atoms with Crippen LogP contribution in [0.3, 0.4) is 0 Å². The van der Waals surface area contributed by atoms with Gasteiger partial charge in [-0.3, -0.25) is 14.6 Å². The van der Waals surface area contributed by atoms with E-state index in [1.807, 2.05) is 0 Å². The number of hydrogen-bond donors (Lipinski definition) is 1. The summed E-state index contributed by atoms with van der Waals surface area (Å²) >= 11 is 12.0. The lowest BCUT2D eigenvalue weighted by molar-refractivity contribution is -0.210. The van der Waals surface area contributed by atoms with Gasteiger partial charge in [0, 0.05) is 29.0 Å². The molecule has 1 aromatic heterocycles. The van der Waals surface area contributed by atoms with Gasteiger partial charge in [-0.15, -0.1) is 0 Å². The number of hydrogen-bond acceptors (Lipinski definition) is 6. The second-order valence-corrected chi connectivity index (χ2v) is 6.65. The number of halogens is 2. The molecule has 0 aliphatic heterocycles. The van der Waals surface area contributed by atoms with E-state index in [2.05, 4.69) is 9.88 Å². The van der Waals surface area contributed by atoms with Crippen molar-refractivity contribution < 1.29 is 23.8 Å². The lowest BCUT2D eigenvalue weighted by Crippen LogP contribution is -2.05. The second-order valence-electron chi connectivity index (χ2n) is 5.80. The van der Waals surface area contributed by atoms with Gasteiger partial charge < -0.3 is 10.2 Å². The number of amidine groups is 1. The SMILES string of the molecule is CC(=O)OOc1ccc2c(N=C(C)N)c(C(=O)c3ccc(Cl)cc3Cl)oc2c1. The molecule has 0 atom stereocenters. The number of nitrogens with two attached hydrogens (primary N) is 1. The molecule has 0 fully saturated rings. The van der Waals surface area contributed by atoms with Crippen LogP contribution in [0.2, 0.25) is 10.0 Å². The second kappa shape index (κ2) is 7.92. The van der Waals surface area contributed by atoms with Gasteiger partial charge in [0.2, 0.25) is 11.5 Å². The minimum Gasteiger partial charge on any atom is -0.450 e. The van der Waals surface area contributed by atoms with Crippen LogP contribution in [-0.2, 0) is 9.68 Å². The first-order valence-electron chi connectivity index (χ1n) is 7.98. The van der Waals surface area contributed by atoms with Crippen molar-refractivity contribution in [3.05, 3.63) is 57.8 Å². The Kier molecular flexibility index (Phi) is 5.58. The van der Waals surface area contributed by atoms with Crippen LogP contribution in [0.1, 0.15) is 30.0 Å². The third-order valence-corrected chi connectivity index (χ3v) is 4.11. The van der Waals surface area contributed by atoms with Gasteiger partial charge in [0.05, 0.1) is 10.9 Å². The summed E-state index contributed by atoms with van der Waals surface area (Å²) in [5.74, 6) is -0.704. The van der Waals surface area contributed by atoms with Gasteiger partial charge in [0.15, 0.2) is 5.75 Å². The first-order chi connectivity index (χ1) is 13.3. The highest BCUT2D eigenvalue weighted by molar-refractivity contribution is 6.37. The molecule has 0 radical (unpaired) electrons. The van der Waals surface area contributed by atoms with Crippen molar-refractivity contribution >= 4 is 57.4 Å². The van der Waals surface area contributed by atoms with Crippen LogP contribution < -0.4 is 10.6 Å². The van der Waals surface area contributed by atoms with Crippen molar-refractivity contribution in [2.75, 3.05) is 0 Å². The Hall–Kier alpha value is -3.03. The molecule has 0 unspecified atom stereocenters. The van der Waals surface area contributed by atoms with Crippen molar-refractivity contribution in [2.45, 2.75) is 13.8 Å². The van der Waals surface area contributed by atoms with Gasteiger partial charge in [0.1, 0.15) is 11.3 Å². The molecule has 9 heteroatoms. The Morgan fingerprint density at radius 1 is 1.11 bits per heavy atom. The maximum Gasteiger partial charge on any atom is 0.352 e. The van der Waals surface area contributed by atoms with E-state index >= 15 is 0 Å². The van der Waals surface area contributed by atoms with Gasteiger partial charge in [-0.05, 0) is 37.3 Å². The predicted octanol–water partition coefficient (Wildman–Crippen LogP) is 4.84. The Morgan fingerprint density at radius 2 is 1.86 bits per heavy atom. The van der Waals surface area contributed by atoms with E-state index in [-0.39, 0.29) is 39.2 Å². The third-order valence-electron chi connectivity index (χ3n) is 3.56. The van der Waals surface area contributed by atoms with Crippen molar-refractivity contribution in [2.24, 2.45) is 10.7 Å². The zero-order valence-electron chi connectivity index (χ0n) is 14.8. The maximum atomic E-state index is 13.0. The molecule has 0 amide bonds. The predicted molar refractivity (Wildman–Crippen MR) is 105 cm³/mol. The maximum absolute atomic E-state index is 13.0. The van der Waals surface area contributed by atoms with Crippen LogP contribution in [0.5, 0.6) is 5.75 Å². The molecule has 144 valence electrons. The standard InChI is InChI=1S/C19H14Cl2N2O5/c1-9(22)23-17-14-6-4-12(28-27-10(2)24)8-16(14)26-19(17)18(25)13-5-3-11(20)7-15(13)21/h3-8H,1-2H3,(H2,22,23). The van der Waals surface area contributed by atoms with E-state index in [0.29, 0.717) is 10.4 Å². The topological polar surface area (TPSA) is 104 Å². The fourth-order valence-electron chi connectivity index (χ4n) is 2.46. The summed E-state index contributed by atoms with van der Waals surface area (Å²) in [6, 6.07) is 9.11. The molecule has 2 aromatic carbocycles. The summed E-state index contributed by atoms with van der Waals surface area (Å²) in [5.41, 5.74) is 6.46. The Balaban J connectivity index is 2.13. The Bertz CT molecular complexity index is 1120. The van der Waals surface area contributed by atoms with E-state index < -0.39 is 11.8 Å². The Labute approximate surface area is 169 Å². The molecule has 7 nitrogen and oxygen atoms in total. The van der Waals surface area contributed by atoms with Crippen molar-refractivity contribution in [3.63, 3.8) is 0 Å². The number of benzene rings is 2. The van der Waals surface area contributed by atoms with Gasteiger partial charge in [-0.25, -0.2) is 9.79 Å². The van der Waals surface area contributed by atoms with Crippen LogP contribution >= 0.6 is 23.2 Å². The molecule has 0 saturated carbocycles. The van der Waals surface area contributed by atoms with Gasteiger partial charge in [-0.1, -0.05) is 23.2 Å². The molecule has 0 aliphatic rings. The third kappa shape index (κ3) is 4.11. The summed E-state index contributed by atoms with van der Waals surface area (Å²) < 4.78 is 5.72. The average Bonchev–Trinajstić information content (AvgIpc) is 2.96. The minimum absolute atomic E-state index is 0.0475. The number of furan rings is 1. The summed E-state index contributed by atoms with van der Waals surface area (Å²) in [6.45, 7) is 2.79. The molecule has 28 heavy (non-hydrogen) atoms. The summed E-state index contributed by atoms with van der Waals surface area (Å²) in [4.78, 5) is 37.5. The highest BCUT2D eigenvalue weighted by Crippen LogP contribution is 2.37. The summed E-state index contributed by atoms with van der Waals surface area (Å²) in [7, 11) is 0. The number of nitrogens with zero attached hydrogens (tertiary/aromatic N) is 1. The quantitative estimate of drug-likeness (QED) is 0.208. The number of aliphatic imine (C=N–C) groups is 1. The fourth-order valence-corrected chi connectivity index (χ4v) is 2.95. The molecule has 3 rings (SSSR count). The van der Waals surface area contributed by atoms with Crippen LogP contribution in [0, 0.1) is 0 Å². The smallest absolute Gasteiger partial charge is 0.352 e. The highest BCUT2D eigenvalue weighted by Gasteiger charge is 2.24. The lowest BCUT2D eigenvalue weighted by Gasteiger charge is -2.03. The zero-order chi connectivity index (χ0) is 20.4. The minimum atomic E-state index is -0.614. The summed E-state index contributed by atoms with van der Waals surface area (Å²) in [5, 5.41) is 1.10. The molecule has 0 bridgehead atoms. The normalized spacial score (nSPS) is 11.5. The first kappa shape index (κ1) is 19.7. The molecular weight excluding hydrogens is 407 g/mol.